The molecule has 1 fully saturated rings. The Bertz CT molecular complexity index is 882. The molecule has 1 aliphatic rings. The van der Waals surface area contributed by atoms with Crippen molar-refractivity contribution in [3.8, 4) is 0 Å². The normalized spacial score (nSPS) is 25.3. The lowest BCUT2D eigenvalue weighted by molar-refractivity contribution is -0.0543. The molecule has 0 bridgehead atoms. The Hall–Kier alpha value is -0.670. The predicted octanol–water partition coefficient (Wildman–Crippen LogP) is 0.923. The summed E-state index contributed by atoms with van der Waals surface area (Å²) in [5, 5.41) is 20.8. The minimum Gasteiger partial charge on any atom is -0.387 e. The molecule has 0 saturated carbocycles. The van der Waals surface area contributed by atoms with Gasteiger partial charge in [-0.25, -0.2) is 13.9 Å². The van der Waals surface area contributed by atoms with Gasteiger partial charge in [-0.05, 0) is 18.2 Å². The van der Waals surface area contributed by atoms with Gasteiger partial charge in [0.15, 0.2) is 6.23 Å². The van der Waals surface area contributed by atoms with Crippen LogP contribution in [-0.4, -0.2) is 65.1 Å². The fourth-order valence-corrected chi connectivity index (χ4v) is 5.26. The van der Waals surface area contributed by atoms with Crippen molar-refractivity contribution in [2.45, 2.75) is 62.2 Å². The van der Waals surface area contributed by atoms with Gasteiger partial charge in [0.25, 0.3) is 0 Å². The monoisotopic (exact) mass is 521 g/mol. The van der Waals surface area contributed by atoms with E-state index in [0.29, 0.717) is 5.03 Å². The second-order valence-corrected chi connectivity index (χ2v) is 10.7. The molecule has 0 aromatic carbocycles. The zero-order valence-electron chi connectivity index (χ0n) is 17.3. The van der Waals surface area contributed by atoms with E-state index in [0.717, 1.165) is 36.0 Å². The lowest BCUT2D eigenvalue weighted by Gasteiger charge is -2.18. The Morgan fingerprint density at radius 3 is 2.47 bits per heavy atom. The summed E-state index contributed by atoms with van der Waals surface area (Å²) in [4.78, 5) is 42.7. The number of phosphoric acid groups is 2. The van der Waals surface area contributed by atoms with E-state index < -0.39 is 52.5 Å². The Labute approximate surface area is 188 Å². The SMILES string of the molecule is CCCCCCSc1ccn([C@@H]2O[C@H](COP(=O)(O)OP(=O)(O)O)[C@@H](O)[C@H]2O)c(=O)n1.N. The quantitative estimate of drug-likeness (QED) is 0.0972. The van der Waals surface area contributed by atoms with Gasteiger partial charge in [0.1, 0.15) is 23.3 Å². The van der Waals surface area contributed by atoms with Gasteiger partial charge >= 0.3 is 21.3 Å². The molecule has 0 aliphatic carbocycles. The van der Waals surface area contributed by atoms with E-state index in [2.05, 4.69) is 20.7 Å². The van der Waals surface area contributed by atoms with Crippen LogP contribution in [-0.2, 0) is 22.7 Å². The van der Waals surface area contributed by atoms with Crippen LogP contribution in [0.25, 0.3) is 0 Å². The summed E-state index contributed by atoms with van der Waals surface area (Å²) in [7, 11) is -10.5. The summed E-state index contributed by atoms with van der Waals surface area (Å²) in [6, 6.07) is 1.56. The van der Waals surface area contributed by atoms with Crippen LogP contribution < -0.4 is 11.8 Å². The van der Waals surface area contributed by atoms with Crippen molar-refractivity contribution in [3.05, 3.63) is 22.7 Å². The van der Waals surface area contributed by atoms with Crippen LogP contribution in [0.3, 0.4) is 0 Å². The molecule has 5 atom stereocenters. The summed E-state index contributed by atoms with van der Waals surface area (Å²) >= 11 is 1.42. The second-order valence-electron chi connectivity index (χ2n) is 6.75. The first kappa shape index (κ1) is 29.4. The molecule has 1 aromatic heterocycles. The third kappa shape index (κ3) is 8.93. The van der Waals surface area contributed by atoms with Crippen molar-refractivity contribution in [1.29, 1.82) is 0 Å². The molecule has 2 heterocycles. The van der Waals surface area contributed by atoms with Crippen molar-refractivity contribution in [1.82, 2.24) is 15.7 Å². The van der Waals surface area contributed by atoms with Crippen LogP contribution >= 0.6 is 27.4 Å². The van der Waals surface area contributed by atoms with Crippen molar-refractivity contribution in [2.24, 2.45) is 0 Å². The van der Waals surface area contributed by atoms with E-state index in [9.17, 15) is 29.0 Å². The number of ether oxygens (including phenoxy) is 1. The molecule has 1 unspecified atom stereocenters. The van der Waals surface area contributed by atoms with Gasteiger partial charge < -0.3 is 35.8 Å². The lowest BCUT2D eigenvalue weighted by atomic mass is 10.1. The number of rotatable bonds is 12. The number of phosphoric ester groups is 1. The number of unbranched alkanes of at least 4 members (excludes halogenated alkanes) is 3. The maximum absolute atomic E-state index is 12.3. The topological polar surface area (TPSA) is 233 Å². The van der Waals surface area contributed by atoms with E-state index in [1.807, 2.05) is 0 Å². The van der Waals surface area contributed by atoms with Crippen LogP contribution in [0.15, 0.2) is 22.1 Å². The molecule has 14 nitrogen and oxygen atoms in total. The maximum Gasteiger partial charge on any atom is 0.481 e. The molecule has 32 heavy (non-hydrogen) atoms. The zero-order valence-corrected chi connectivity index (χ0v) is 19.9. The van der Waals surface area contributed by atoms with Gasteiger partial charge in [-0.15, -0.1) is 11.8 Å². The third-order valence-electron chi connectivity index (χ3n) is 4.28. The Morgan fingerprint density at radius 2 is 1.88 bits per heavy atom. The largest absolute Gasteiger partial charge is 0.481 e. The Morgan fingerprint density at radius 1 is 1.19 bits per heavy atom. The third-order valence-corrected chi connectivity index (χ3v) is 7.44. The number of thioether (sulfide) groups is 1. The van der Waals surface area contributed by atoms with Crippen molar-refractivity contribution in [2.75, 3.05) is 12.4 Å². The maximum atomic E-state index is 12.3. The Kier molecular flexibility index (Phi) is 11.7. The summed E-state index contributed by atoms with van der Waals surface area (Å²) in [6.45, 7) is 1.26. The summed E-state index contributed by atoms with van der Waals surface area (Å²) < 4.78 is 36.5. The highest BCUT2D eigenvalue weighted by Gasteiger charge is 2.45. The van der Waals surface area contributed by atoms with Gasteiger partial charge in [0, 0.05) is 6.20 Å². The lowest BCUT2D eigenvalue weighted by Crippen LogP contribution is -2.36. The molecule has 2 rings (SSSR count). The van der Waals surface area contributed by atoms with Crippen molar-refractivity contribution >= 4 is 27.4 Å². The summed E-state index contributed by atoms with van der Waals surface area (Å²) in [5.74, 6) is 0.801. The predicted molar refractivity (Wildman–Crippen MR) is 113 cm³/mol. The first-order valence-electron chi connectivity index (χ1n) is 9.41. The standard InChI is InChI=1S/C15H26N2O11P2S.H3N/c1-2-3-4-5-8-31-11-6-7-17(15(20)16-11)14-13(19)12(18)10(27-14)9-26-30(24,25)28-29(21,22)23;/h6-7,10,12-14,18-19H,2-5,8-9H2,1H3,(H,24,25)(H2,21,22,23);1H3/t10-,12-,13-,14-;/m1./s1. The van der Waals surface area contributed by atoms with Gasteiger partial charge in [-0.2, -0.15) is 9.29 Å². The van der Waals surface area contributed by atoms with Crippen LogP contribution in [0.1, 0.15) is 38.8 Å². The summed E-state index contributed by atoms with van der Waals surface area (Å²) in [5.41, 5.74) is -0.728. The van der Waals surface area contributed by atoms with E-state index in [1.54, 1.807) is 6.07 Å². The van der Waals surface area contributed by atoms with Crippen LogP contribution in [0.4, 0.5) is 0 Å². The number of aromatic nitrogens is 2. The number of aliphatic hydroxyl groups excluding tert-OH is 2. The van der Waals surface area contributed by atoms with Crippen LogP contribution in [0.5, 0.6) is 0 Å². The number of nitrogens with zero attached hydrogens (tertiary/aromatic N) is 2. The summed E-state index contributed by atoms with van der Waals surface area (Å²) in [6.07, 6.45) is -0.286. The van der Waals surface area contributed by atoms with E-state index in [4.69, 9.17) is 14.5 Å². The zero-order chi connectivity index (χ0) is 23.2. The fourth-order valence-electron chi connectivity index (χ4n) is 2.80. The average molecular weight is 521 g/mol. The first-order chi connectivity index (χ1) is 14.4. The molecule has 0 spiro atoms. The Balaban J connectivity index is 0.00000512. The highest BCUT2D eigenvalue weighted by atomic mass is 32.2. The number of hydrogen-bond donors (Lipinski definition) is 6. The average Bonchev–Trinajstić information content (AvgIpc) is 2.93. The molecule has 17 heteroatoms. The molecule has 186 valence electrons. The smallest absolute Gasteiger partial charge is 0.387 e. The van der Waals surface area contributed by atoms with Gasteiger partial charge in [0.05, 0.1) is 6.61 Å². The molecule has 1 aliphatic heterocycles. The molecule has 8 N–H and O–H groups in total. The van der Waals surface area contributed by atoms with Crippen LogP contribution in [0.2, 0.25) is 0 Å². The van der Waals surface area contributed by atoms with Gasteiger partial charge in [0.2, 0.25) is 0 Å². The van der Waals surface area contributed by atoms with E-state index in [-0.39, 0.29) is 6.15 Å². The number of aliphatic hydroxyl groups is 2. The molecule has 1 saturated heterocycles. The van der Waals surface area contributed by atoms with E-state index >= 15 is 0 Å². The molecule has 0 amide bonds. The highest BCUT2D eigenvalue weighted by Crippen LogP contribution is 2.57. The van der Waals surface area contributed by atoms with Gasteiger partial charge in [-0.3, -0.25) is 9.09 Å². The molecular weight excluding hydrogens is 492 g/mol. The molecule has 1 aromatic rings. The minimum absolute atomic E-state index is 0. The van der Waals surface area contributed by atoms with Crippen molar-refractivity contribution < 1.29 is 47.6 Å². The fraction of sp³-hybridized carbons (Fsp3) is 0.733. The minimum atomic E-state index is -5.31. The first-order valence-corrected chi connectivity index (χ1v) is 13.4. The van der Waals surface area contributed by atoms with Crippen molar-refractivity contribution in [3.63, 3.8) is 0 Å². The highest BCUT2D eigenvalue weighted by molar-refractivity contribution is 7.99. The molecule has 0 radical (unpaired) electrons. The molecular formula is C15H29N3O11P2S. The van der Waals surface area contributed by atoms with Gasteiger partial charge in [-0.1, -0.05) is 26.2 Å². The van der Waals surface area contributed by atoms with Crippen LogP contribution in [0, 0.1) is 0 Å². The number of hydrogen-bond acceptors (Lipinski definition) is 11. The van der Waals surface area contributed by atoms with E-state index in [1.165, 1.54) is 18.0 Å². The second kappa shape index (κ2) is 12.7.